The molecular weight excluding hydrogens is 316 g/mol. The van der Waals surface area contributed by atoms with Gasteiger partial charge >= 0.3 is 0 Å². The Balaban J connectivity index is 1.48. The number of nitrogens with zero attached hydrogens (tertiary/aromatic N) is 1. The number of nitrogens with one attached hydrogen (secondary N) is 1. The first-order chi connectivity index (χ1) is 11.1. The second kappa shape index (κ2) is 7.18. The molecule has 5 nitrogen and oxygen atoms in total. The number of hydrogen-bond acceptors (Lipinski definition) is 4. The molecule has 1 aromatic rings. The van der Waals surface area contributed by atoms with Crippen LogP contribution in [0.1, 0.15) is 30.1 Å². The minimum atomic E-state index is -0.509. The van der Waals surface area contributed by atoms with E-state index in [0.29, 0.717) is 36.4 Å². The number of ether oxygens (including phenoxy) is 2. The fraction of sp³-hybridized carbons (Fsp3) is 0.588. The molecule has 1 aromatic carbocycles. The van der Waals surface area contributed by atoms with Crippen molar-refractivity contribution in [1.82, 2.24) is 10.2 Å². The number of hydrogen-bond donors (Lipinski definition) is 1. The van der Waals surface area contributed by atoms with Crippen LogP contribution in [0.25, 0.3) is 0 Å². The van der Waals surface area contributed by atoms with Crippen molar-refractivity contribution in [3.63, 3.8) is 0 Å². The van der Waals surface area contributed by atoms with Gasteiger partial charge in [0.2, 0.25) is 0 Å². The molecule has 0 saturated carbocycles. The van der Waals surface area contributed by atoms with Gasteiger partial charge in [0.05, 0.1) is 23.8 Å². The van der Waals surface area contributed by atoms with Crippen molar-refractivity contribution in [3.8, 4) is 0 Å². The van der Waals surface area contributed by atoms with Gasteiger partial charge in [-0.3, -0.25) is 4.79 Å². The molecular formula is C17H23ClN2O3. The number of rotatable bonds is 4. The third-order valence-corrected chi connectivity index (χ3v) is 4.83. The minimum absolute atomic E-state index is 0.0171. The zero-order valence-corrected chi connectivity index (χ0v) is 14.1. The molecule has 0 unspecified atom stereocenters. The summed E-state index contributed by atoms with van der Waals surface area (Å²) in [5.41, 5.74) is 0.584. The molecule has 0 aliphatic carbocycles. The van der Waals surface area contributed by atoms with Crippen molar-refractivity contribution >= 4 is 17.5 Å². The molecule has 2 saturated heterocycles. The molecule has 0 aromatic heterocycles. The molecule has 0 radical (unpaired) electrons. The van der Waals surface area contributed by atoms with E-state index in [1.54, 1.807) is 12.1 Å². The molecule has 1 amide bonds. The first-order valence-electron chi connectivity index (χ1n) is 8.12. The summed E-state index contributed by atoms with van der Waals surface area (Å²) in [5, 5.41) is 4.02. The van der Waals surface area contributed by atoms with Crippen LogP contribution in [-0.2, 0) is 9.47 Å². The summed E-state index contributed by atoms with van der Waals surface area (Å²) in [6.45, 7) is 5.42. The van der Waals surface area contributed by atoms with E-state index in [4.69, 9.17) is 21.1 Å². The van der Waals surface area contributed by atoms with Gasteiger partial charge in [-0.2, -0.15) is 0 Å². The summed E-state index contributed by atoms with van der Waals surface area (Å²) in [6, 6.07) is 7.60. The predicted octanol–water partition coefficient (Wildman–Crippen LogP) is 2.30. The van der Waals surface area contributed by atoms with E-state index in [0.717, 1.165) is 25.9 Å². The van der Waals surface area contributed by atoms with Gasteiger partial charge in [-0.05, 0) is 31.9 Å². The molecule has 23 heavy (non-hydrogen) atoms. The lowest BCUT2D eigenvalue weighted by molar-refractivity contribution is -0.139. The van der Waals surface area contributed by atoms with Gasteiger partial charge < -0.3 is 19.7 Å². The van der Waals surface area contributed by atoms with Gasteiger partial charge in [0, 0.05) is 25.7 Å². The quantitative estimate of drug-likeness (QED) is 0.915. The van der Waals surface area contributed by atoms with Gasteiger partial charge in [0.25, 0.3) is 5.91 Å². The van der Waals surface area contributed by atoms with Crippen LogP contribution in [0.2, 0.25) is 5.02 Å². The van der Waals surface area contributed by atoms with Gasteiger partial charge in [0.1, 0.15) is 0 Å². The van der Waals surface area contributed by atoms with E-state index < -0.39 is 5.79 Å². The minimum Gasteiger partial charge on any atom is -0.347 e. The molecule has 2 heterocycles. The van der Waals surface area contributed by atoms with E-state index in [2.05, 4.69) is 5.32 Å². The van der Waals surface area contributed by atoms with Crippen LogP contribution in [0.4, 0.5) is 0 Å². The number of piperidine rings is 1. The normalized spacial score (nSPS) is 21.6. The van der Waals surface area contributed by atoms with Crippen LogP contribution in [0.5, 0.6) is 0 Å². The standard InChI is InChI=1S/C17H23ClN2O3/c1-17(22-10-11-23-17)12-19-13-6-8-20(9-7-13)16(21)14-4-2-3-5-15(14)18/h2-5,13,19H,6-12H2,1H3. The third kappa shape index (κ3) is 4.04. The van der Waals surface area contributed by atoms with Crippen LogP contribution >= 0.6 is 11.6 Å². The van der Waals surface area contributed by atoms with Crippen molar-refractivity contribution in [3.05, 3.63) is 34.9 Å². The number of benzene rings is 1. The summed E-state index contributed by atoms with van der Waals surface area (Å²) in [7, 11) is 0. The Morgan fingerprint density at radius 3 is 2.61 bits per heavy atom. The molecule has 126 valence electrons. The monoisotopic (exact) mass is 338 g/mol. The second-order valence-corrected chi connectivity index (χ2v) is 6.67. The highest BCUT2D eigenvalue weighted by Gasteiger charge is 2.32. The zero-order valence-electron chi connectivity index (χ0n) is 13.4. The maximum atomic E-state index is 12.5. The molecule has 2 fully saturated rings. The Morgan fingerprint density at radius 2 is 1.96 bits per heavy atom. The Labute approximate surface area is 141 Å². The summed E-state index contributed by atoms with van der Waals surface area (Å²) in [5.74, 6) is -0.492. The summed E-state index contributed by atoms with van der Waals surface area (Å²) >= 11 is 6.12. The van der Waals surface area contributed by atoms with Gasteiger partial charge in [-0.15, -0.1) is 0 Å². The van der Waals surface area contributed by atoms with Crippen LogP contribution < -0.4 is 5.32 Å². The van der Waals surface area contributed by atoms with Gasteiger partial charge in [-0.25, -0.2) is 0 Å². The average molecular weight is 339 g/mol. The zero-order chi connectivity index (χ0) is 16.3. The molecule has 0 atom stereocenters. The number of likely N-dealkylation sites (tertiary alicyclic amines) is 1. The maximum absolute atomic E-state index is 12.5. The van der Waals surface area contributed by atoms with E-state index in [-0.39, 0.29) is 5.91 Å². The van der Waals surface area contributed by atoms with E-state index in [9.17, 15) is 4.79 Å². The fourth-order valence-electron chi connectivity index (χ4n) is 3.08. The van der Waals surface area contributed by atoms with Crippen molar-refractivity contribution in [1.29, 1.82) is 0 Å². The van der Waals surface area contributed by atoms with Crippen molar-refractivity contribution in [2.75, 3.05) is 32.8 Å². The Hall–Kier alpha value is -1.14. The van der Waals surface area contributed by atoms with Crippen molar-refractivity contribution in [2.45, 2.75) is 31.6 Å². The summed E-state index contributed by atoms with van der Waals surface area (Å²) < 4.78 is 11.2. The number of amides is 1. The van der Waals surface area contributed by atoms with Crippen LogP contribution in [-0.4, -0.2) is 55.5 Å². The summed E-state index contributed by atoms with van der Waals surface area (Å²) in [6.07, 6.45) is 1.85. The number of carbonyl (C=O) groups excluding carboxylic acids is 1. The molecule has 3 rings (SSSR count). The van der Waals surface area contributed by atoms with E-state index >= 15 is 0 Å². The highest BCUT2D eigenvalue weighted by atomic mass is 35.5. The Kier molecular flexibility index (Phi) is 5.21. The van der Waals surface area contributed by atoms with Gasteiger partial charge in [0.15, 0.2) is 5.79 Å². The maximum Gasteiger partial charge on any atom is 0.255 e. The van der Waals surface area contributed by atoms with E-state index in [1.807, 2.05) is 24.0 Å². The van der Waals surface area contributed by atoms with Crippen LogP contribution in [0.3, 0.4) is 0 Å². The lowest BCUT2D eigenvalue weighted by atomic mass is 10.0. The highest BCUT2D eigenvalue weighted by Crippen LogP contribution is 2.21. The fourth-order valence-corrected chi connectivity index (χ4v) is 3.30. The SMILES string of the molecule is CC1(CNC2CCN(C(=O)c3ccccc3Cl)CC2)OCCO1. The third-order valence-electron chi connectivity index (χ3n) is 4.50. The molecule has 6 heteroatoms. The molecule has 0 bridgehead atoms. The lowest BCUT2D eigenvalue weighted by Crippen LogP contribution is -2.49. The smallest absolute Gasteiger partial charge is 0.255 e. The second-order valence-electron chi connectivity index (χ2n) is 6.26. The molecule has 0 spiro atoms. The summed E-state index contributed by atoms with van der Waals surface area (Å²) in [4.78, 5) is 14.4. The first-order valence-corrected chi connectivity index (χ1v) is 8.50. The van der Waals surface area contributed by atoms with Crippen molar-refractivity contribution in [2.24, 2.45) is 0 Å². The Bertz CT molecular complexity index is 553. The van der Waals surface area contributed by atoms with Crippen LogP contribution in [0.15, 0.2) is 24.3 Å². The number of carbonyl (C=O) groups is 1. The van der Waals surface area contributed by atoms with Crippen molar-refractivity contribution < 1.29 is 14.3 Å². The molecule has 2 aliphatic heterocycles. The highest BCUT2D eigenvalue weighted by molar-refractivity contribution is 6.33. The van der Waals surface area contributed by atoms with Crippen LogP contribution in [0, 0.1) is 0 Å². The molecule has 1 N–H and O–H groups in total. The predicted molar refractivity (Wildman–Crippen MR) is 88.7 cm³/mol. The lowest BCUT2D eigenvalue weighted by Gasteiger charge is -2.34. The van der Waals surface area contributed by atoms with Gasteiger partial charge in [-0.1, -0.05) is 23.7 Å². The average Bonchev–Trinajstić information content (AvgIpc) is 3.00. The topological polar surface area (TPSA) is 50.8 Å². The largest absolute Gasteiger partial charge is 0.347 e. The Morgan fingerprint density at radius 1 is 1.30 bits per heavy atom. The molecule has 2 aliphatic rings. The number of halogens is 1. The van der Waals surface area contributed by atoms with E-state index in [1.165, 1.54) is 0 Å². The first kappa shape index (κ1) is 16.7.